The van der Waals surface area contributed by atoms with Crippen LogP contribution in [0.5, 0.6) is 11.6 Å². The first-order valence-electron chi connectivity index (χ1n) is 16.6. The smallest absolute Gasteiger partial charge is 0.264 e. The average molecular weight is 689 g/mol. The molecular formula is C37H48N6O5S. The molecule has 1 aliphatic rings. The van der Waals surface area contributed by atoms with Crippen molar-refractivity contribution < 1.29 is 24.1 Å². The van der Waals surface area contributed by atoms with Gasteiger partial charge in [-0.1, -0.05) is 58.9 Å². The molecule has 1 amide bonds. The number of nitrogens with zero attached hydrogens (tertiary/aromatic N) is 5. The van der Waals surface area contributed by atoms with E-state index in [0.29, 0.717) is 29.6 Å². The number of ether oxygens (including phenoxy) is 2. The maximum Gasteiger partial charge on any atom is 0.264 e. The monoisotopic (exact) mass is 688 g/mol. The minimum Gasteiger partial charge on any atom is -0.487 e. The van der Waals surface area contributed by atoms with Gasteiger partial charge in [0.1, 0.15) is 12.4 Å². The van der Waals surface area contributed by atoms with E-state index in [0.717, 1.165) is 23.1 Å². The Morgan fingerprint density at radius 3 is 2.35 bits per heavy atom. The van der Waals surface area contributed by atoms with Gasteiger partial charge in [0.2, 0.25) is 11.8 Å². The Morgan fingerprint density at radius 1 is 1.02 bits per heavy atom. The van der Waals surface area contributed by atoms with Gasteiger partial charge in [0.05, 0.1) is 41.7 Å². The van der Waals surface area contributed by atoms with Gasteiger partial charge in [-0.05, 0) is 74.3 Å². The van der Waals surface area contributed by atoms with Crippen LogP contribution >= 0.6 is 0 Å². The van der Waals surface area contributed by atoms with E-state index in [1.165, 1.54) is 12.1 Å². The van der Waals surface area contributed by atoms with Crippen LogP contribution < -0.4 is 14.2 Å². The van der Waals surface area contributed by atoms with E-state index in [-0.39, 0.29) is 54.3 Å². The van der Waals surface area contributed by atoms with Gasteiger partial charge < -0.3 is 14.4 Å². The lowest BCUT2D eigenvalue weighted by atomic mass is 9.87. The summed E-state index contributed by atoms with van der Waals surface area (Å²) >= 11 is 0. The number of sulfonamides is 1. The number of carbonyl (C=O) groups excluding carboxylic acids is 1. The van der Waals surface area contributed by atoms with E-state index in [1.807, 2.05) is 39.0 Å². The van der Waals surface area contributed by atoms with Gasteiger partial charge >= 0.3 is 0 Å². The molecule has 4 aromatic rings. The summed E-state index contributed by atoms with van der Waals surface area (Å²) < 4.78 is 42.2. The number of anilines is 1. The van der Waals surface area contributed by atoms with Gasteiger partial charge in [0.15, 0.2) is 5.75 Å². The second-order valence-electron chi connectivity index (χ2n) is 14.4. The Morgan fingerprint density at radius 2 is 1.69 bits per heavy atom. The summed E-state index contributed by atoms with van der Waals surface area (Å²) in [7, 11) is -4.18. The summed E-state index contributed by atoms with van der Waals surface area (Å²) in [4.78, 5) is 34.1. The highest BCUT2D eigenvalue weighted by atomic mass is 32.2. The van der Waals surface area contributed by atoms with Gasteiger partial charge in [-0.15, -0.1) is 0 Å². The fraction of sp³-hybridized carbons (Fsp3) is 0.432. The number of benzene rings is 2. The molecule has 2 aromatic carbocycles. The Kier molecular flexibility index (Phi) is 10.6. The molecule has 11 nitrogen and oxygen atoms in total. The SMILES string of the molecule is Cc1cccc(C)c1-c1cc2nc(n1)NS(=O)(=O)c1cccc(c1)C(=O)N(Cc1ncc(OC(C)CC(C)C)cn1)[C@H](CC(C)(C)C)CO2.[HH]. The van der Waals surface area contributed by atoms with Crippen LogP contribution in [0.1, 0.15) is 83.1 Å². The number of carbonyl (C=O) groups is 1. The molecular weight excluding hydrogens is 641 g/mol. The molecule has 0 aliphatic carbocycles. The van der Waals surface area contributed by atoms with Crippen molar-refractivity contribution in [2.45, 2.75) is 91.8 Å². The van der Waals surface area contributed by atoms with Crippen LogP contribution in [-0.2, 0) is 16.6 Å². The molecule has 3 heterocycles. The van der Waals surface area contributed by atoms with Crippen molar-refractivity contribution >= 4 is 21.9 Å². The maximum absolute atomic E-state index is 14.4. The van der Waals surface area contributed by atoms with Gasteiger partial charge in [-0.25, -0.2) is 28.1 Å². The van der Waals surface area contributed by atoms with Crippen LogP contribution in [0.4, 0.5) is 5.95 Å². The van der Waals surface area contributed by atoms with E-state index in [2.05, 4.69) is 59.3 Å². The molecule has 0 saturated carbocycles. The molecule has 0 fully saturated rings. The van der Waals surface area contributed by atoms with Crippen molar-refractivity contribution in [1.82, 2.24) is 24.8 Å². The van der Waals surface area contributed by atoms with E-state index in [9.17, 15) is 13.2 Å². The number of aromatic nitrogens is 4. The first kappa shape index (κ1) is 35.7. The molecule has 0 radical (unpaired) electrons. The molecule has 0 saturated heterocycles. The fourth-order valence-corrected chi connectivity index (χ4v) is 7.12. The molecule has 1 aliphatic heterocycles. The van der Waals surface area contributed by atoms with Gasteiger partial charge in [-0.3, -0.25) is 4.79 Å². The Bertz CT molecular complexity index is 1890. The lowest BCUT2D eigenvalue weighted by Crippen LogP contribution is -2.45. The highest BCUT2D eigenvalue weighted by molar-refractivity contribution is 7.92. The predicted octanol–water partition coefficient (Wildman–Crippen LogP) is 7.25. The lowest BCUT2D eigenvalue weighted by Gasteiger charge is -2.35. The van der Waals surface area contributed by atoms with Crippen molar-refractivity contribution in [1.29, 1.82) is 0 Å². The van der Waals surface area contributed by atoms with E-state index < -0.39 is 16.1 Å². The van der Waals surface area contributed by atoms with Crippen LogP contribution in [0.25, 0.3) is 11.3 Å². The number of hydrogen-bond acceptors (Lipinski definition) is 9. The number of fused-ring (bicyclic) bond motifs is 4. The van der Waals surface area contributed by atoms with Gasteiger partial charge in [0, 0.05) is 18.6 Å². The molecule has 5 rings (SSSR count). The number of hydrogen-bond donors (Lipinski definition) is 1. The zero-order valence-electron chi connectivity index (χ0n) is 29.5. The molecule has 12 heteroatoms. The molecule has 1 unspecified atom stereocenters. The average Bonchev–Trinajstić information content (AvgIpc) is 3.01. The first-order chi connectivity index (χ1) is 23.1. The number of nitrogens with one attached hydrogen (secondary N) is 1. The number of rotatable bonds is 8. The van der Waals surface area contributed by atoms with E-state index >= 15 is 0 Å². The van der Waals surface area contributed by atoms with Crippen LogP contribution in [0.2, 0.25) is 0 Å². The summed E-state index contributed by atoms with van der Waals surface area (Å²) in [5.41, 5.74) is 3.30. The molecule has 0 spiro atoms. The minimum absolute atomic E-state index is 0. The lowest BCUT2D eigenvalue weighted by molar-refractivity contribution is 0.0505. The summed E-state index contributed by atoms with van der Waals surface area (Å²) in [6, 6.07) is 13.1. The third-order valence-corrected chi connectivity index (χ3v) is 9.49. The van der Waals surface area contributed by atoms with Crippen molar-refractivity contribution in [3.05, 3.63) is 83.4 Å². The second kappa shape index (κ2) is 14.5. The van der Waals surface area contributed by atoms with Crippen molar-refractivity contribution in [2.24, 2.45) is 11.3 Å². The summed E-state index contributed by atoms with van der Waals surface area (Å²) in [5, 5.41) is 0. The van der Waals surface area contributed by atoms with Crippen LogP contribution in [0, 0.1) is 25.2 Å². The second-order valence-corrected chi connectivity index (χ2v) is 16.1. The largest absolute Gasteiger partial charge is 0.487 e. The Balaban J connectivity index is 0.00000562. The summed E-state index contributed by atoms with van der Waals surface area (Å²) in [5.74, 6) is 1.11. The van der Waals surface area contributed by atoms with Crippen molar-refractivity contribution in [3.8, 4) is 22.9 Å². The minimum atomic E-state index is -4.18. The number of aryl methyl sites for hydroxylation is 2. The third kappa shape index (κ3) is 9.11. The molecule has 2 atom stereocenters. The van der Waals surface area contributed by atoms with Gasteiger partial charge in [-0.2, -0.15) is 4.98 Å². The standard InChI is InChI=1S/C37H46N6O5S.H2/c1-23(2)15-26(5)48-29-19-38-32(39-20-29)21-43-28(18-37(6,7)8)22-47-33-17-31(34-24(3)11-9-12-25(34)4)40-36(41-33)42-49(45,46)30-14-10-13-27(16-30)35(43)44;/h9-14,16-17,19-20,23,26,28H,15,18,21-22H2,1-8H3,(H,40,41,42);1H/t26?,28-;/m1./s1. The fourth-order valence-electron chi connectivity index (χ4n) is 6.13. The third-order valence-electron chi connectivity index (χ3n) is 8.16. The van der Waals surface area contributed by atoms with Crippen LogP contribution in [0.3, 0.4) is 0 Å². The summed E-state index contributed by atoms with van der Waals surface area (Å²) in [6.45, 7) is 16.7. The molecule has 49 heavy (non-hydrogen) atoms. The van der Waals surface area contributed by atoms with Crippen molar-refractivity contribution in [3.63, 3.8) is 0 Å². The molecule has 262 valence electrons. The summed E-state index contributed by atoms with van der Waals surface area (Å²) in [6.07, 6.45) is 4.69. The van der Waals surface area contributed by atoms with Crippen LogP contribution in [0.15, 0.2) is 65.8 Å². The Labute approximate surface area is 291 Å². The zero-order valence-corrected chi connectivity index (χ0v) is 30.3. The van der Waals surface area contributed by atoms with E-state index in [1.54, 1.807) is 35.5 Å². The normalized spacial score (nSPS) is 16.9. The maximum atomic E-state index is 14.4. The number of amides is 1. The van der Waals surface area contributed by atoms with Crippen molar-refractivity contribution in [2.75, 3.05) is 11.3 Å². The topological polar surface area (TPSA) is 136 Å². The molecule has 2 aromatic heterocycles. The zero-order chi connectivity index (χ0) is 35.5. The first-order valence-corrected chi connectivity index (χ1v) is 18.1. The van der Waals surface area contributed by atoms with Crippen LogP contribution in [-0.4, -0.2) is 57.9 Å². The highest BCUT2D eigenvalue weighted by Gasteiger charge is 2.32. The van der Waals surface area contributed by atoms with E-state index in [4.69, 9.17) is 9.47 Å². The quantitative estimate of drug-likeness (QED) is 0.203. The predicted molar refractivity (Wildman–Crippen MR) is 191 cm³/mol. The van der Waals surface area contributed by atoms with Gasteiger partial charge in [0.25, 0.3) is 15.9 Å². The highest BCUT2D eigenvalue weighted by Crippen LogP contribution is 2.31. The molecule has 4 bridgehead atoms. The molecule has 1 N–H and O–H groups in total. The Hall–Kier alpha value is -4.58.